The highest BCUT2D eigenvalue weighted by atomic mass is 35.5. The number of nitrogens with one attached hydrogen (secondary N) is 2. The minimum absolute atomic E-state index is 0.00164. The van der Waals surface area contributed by atoms with Gasteiger partial charge in [-0.25, -0.2) is 13.9 Å². The summed E-state index contributed by atoms with van der Waals surface area (Å²) in [5, 5.41) is 16.0. The minimum atomic E-state index is -4.27. The third-order valence-corrected chi connectivity index (χ3v) is 9.98. The first kappa shape index (κ1) is 37.9. The Kier molecular flexibility index (Phi) is 12.1. The Morgan fingerprint density at radius 3 is 2.49 bits per heavy atom. The van der Waals surface area contributed by atoms with E-state index in [-0.39, 0.29) is 47.5 Å². The number of rotatable bonds is 15. The quantitative estimate of drug-likeness (QED) is 0.0649. The molecule has 15 nitrogen and oxygen atoms in total. The van der Waals surface area contributed by atoms with Gasteiger partial charge in [-0.3, -0.25) is 18.7 Å². The predicted molar refractivity (Wildman–Crippen MR) is 191 cm³/mol. The van der Waals surface area contributed by atoms with Crippen molar-refractivity contribution in [2.24, 2.45) is 5.73 Å². The van der Waals surface area contributed by atoms with Gasteiger partial charge in [0.15, 0.2) is 17.0 Å². The molecule has 0 radical (unpaired) electrons. The van der Waals surface area contributed by atoms with Crippen LogP contribution in [0.2, 0.25) is 5.28 Å². The minimum Gasteiger partial charge on any atom is -0.460 e. The fourth-order valence-electron chi connectivity index (χ4n) is 5.43. The Labute approximate surface area is 308 Å². The lowest BCUT2D eigenvalue weighted by atomic mass is 10.1. The first-order valence-corrected chi connectivity index (χ1v) is 18.4. The van der Waals surface area contributed by atoms with Crippen LogP contribution in [-0.2, 0) is 41.2 Å². The molecule has 2 aromatic heterocycles. The average Bonchev–Trinajstić information content (AvgIpc) is 3.74. The lowest BCUT2D eigenvalue weighted by Crippen LogP contribution is -2.37. The maximum Gasteiger partial charge on any atom is 0.459 e. The van der Waals surface area contributed by atoms with Crippen LogP contribution in [0.25, 0.3) is 11.2 Å². The molecule has 3 aromatic carbocycles. The number of aliphatic hydroxyl groups is 1. The van der Waals surface area contributed by atoms with Gasteiger partial charge in [0.25, 0.3) is 0 Å². The number of hydrogen-bond acceptors (Lipinski definition) is 12. The summed E-state index contributed by atoms with van der Waals surface area (Å²) in [4.78, 5) is 38.5. The molecule has 6 atom stereocenters. The van der Waals surface area contributed by atoms with Gasteiger partial charge in [0.05, 0.1) is 25.1 Å². The molecule has 18 heteroatoms. The van der Waals surface area contributed by atoms with Crippen molar-refractivity contribution in [1.82, 2.24) is 24.6 Å². The fraction of sp³-hybridized carbons (Fsp3) is 0.286. The standard InChI is InChI=1S/C35H36ClFN7O8P/c1-21(34(47)49-18-23-8-4-2-5-9-23)43-53(48,52-25-10-6-3-7-11-25)50-19-28-27(45)17-29(51-28)44-20-39-30-31(41-35(36)42-32(30)44)40-33(46)26(38)16-22-12-14-24(37)15-13-22/h2-15,20-21,26-29,45H,16-19,38H2,1H3,(H,43,48)(H,40,41,42,46)/t21?,26?,27-,28-,29-,53?/m0/s1. The molecule has 53 heavy (non-hydrogen) atoms. The molecular formula is C35H36ClFN7O8P. The van der Waals surface area contributed by atoms with E-state index in [2.05, 4.69) is 25.4 Å². The van der Waals surface area contributed by atoms with Gasteiger partial charge < -0.3 is 30.2 Å². The van der Waals surface area contributed by atoms with E-state index < -0.39 is 62.6 Å². The fourth-order valence-corrected chi connectivity index (χ4v) is 7.09. The van der Waals surface area contributed by atoms with Gasteiger partial charge in [0, 0.05) is 6.42 Å². The van der Waals surface area contributed by atoms with Gasteiger partial charge in [0.2, 0.25) is 11.2 Å². The highest BCUT2D eigenvalue weighted by molar-refractivity contribution is 7.52. The van der Waals surface area contributed by atoms with Gasteiger partial charge in [-0.1, -0.05) is 60.7 Å². The molecule has 1 amide bonds. The molecule has 5 N–H and O–H groups in total. The molecule has 1 aliphatic heterocycles. The number of esters is 1. The molecule has 0 aliphatic carbocycles. The zero-order chi connectivity index (χ0) is 37.5. The van der Waals surface area contributed by atoms with Crippen molar-refractivity contribution in [1.29, 1.82) is 0 Å². The zero-order valence-electron chi connectivity index (χ0n) is 28.2. The van der Waals surface area contributed by atoms with Crippen molar-refractivity contribution >= 4 is 48.2 Å². The molecule has 5 aromatic rings. The highest BCUT2D eigenvalue weighted by Gasteiger charge is 2.40. The van der Waals surface area contributed by atoms with Crippen molar-refractivity contribution in [3.05, 3.63) is 113 Å². The third kappa shape index (κ3) is 9.80. The predicted octanol–water partition coefficient (Wildman–Crippen LogP) is 4.70. The van der Waals surface area contributed by atoms with Crippen LogP contribution in [0.1, 0.15) is 30.7 Å². The van der Waals surface area contributed by atoms with E-state index in [1.165, 1.54) is 42.1 Å². The monoisotopic (exact) mass is 767 g/mol. The number of carbonyl (C=O) groups excluding carboxylic acids is 2. The highest BCUT2D eigenvalue weighted by Crippen LogP contribution is 2.46. The van der Waals surface area contributed by atoms with Crippen LogP contribution in [0.4, 0.5) is 10.2 Å². The molecule has 0 bridgehead atoms. The summed E-state index contributed by atoms with van der Waals surface area (Å²) in [7, 11) is -4.27. The van der Waals surface area contributed by atoms with Crippen LogP contribution < -0.4 is 20.7 Å². The van der Waals surface area contributed by atoms with E-state index in [0.717, 1.165) is 5.56 Å². The summed E-state index contributed by atoms with van der Waals surface area (Å²) in [5.41, 5.74) is 7.91. The Hall–Kier alpha value is -4.80. The van der Waals surface area contributed by atoms with Gasteiger partial charge in [-0.2, -0.15) is 15.1 Å². The van der Waals surface area contributed by atoms with Crippen molar-refractivity contribution in [2.75, 3.05) is 11.9 Å². The Balaban J connectivity index is 1.12. The topological polar surface area (TPSA) is 202 Å². The number of benzene rings is 3. The van der Waals surface area contributed by atoms with Crippen molar-refractivity contribution in [3.63, 3.8) is 0 Å². The molecule has 278 valence electrons. The van der Waals surface area contributed by atoms with Crippen molar-refractivity contribution in [2.45, 2.75) is 56.9 Å². The lowest BCUT2D eigenvalue weighted by Gasteiger charge is -2.24. The maximum absolute atomic E-state index is 14.0. The summed E-state index contributed by atoms with van der Waals surface area (Å²) < 4.78 is 51.8. The van der Waals surface area contributed by atoms with Crippen LogP contribution in [0, 0.1) is 5.82 Å². The molecule has 1 saturated heterocycles. The summed E-state index contributed by atoms with van der Waals surface area (Å²) in [5.74, 6) is -1.47. The Morgan fingerprint density at radius 2 is 1.77 bits per heavy atom. The number of amides is 1. The van der Waals surface area contributed by atoms with E-state index in [4.69, 9.17) is 35.9 Å². The van der Waals surface area contributed by atoms with Crippen molar-refractivity contribution in [3.8, 4) is 5.75 Å². The summed E-state index contributed by atoms with van der Waals surface area (Å²) in [6, 6.07) is 20.8. The molecule has 1 aliphatic rings. The van der Waals surface area contributed by atoms with E-state index >= 15 is 0 Å². The molecular weight excluding hydrogens is 732 g/mol. The maximum atomic E-state index is 14.0. The largest absolute Gasteiger partial charge is 0.460 e. The molecule has 6 rings (SSSR count). The zero-order valence-corrected chi connectivity index (χ0v) is 29.9. The Morgan fingerprint density at radius 1 is 1.08 bits per heavy atom. The number of ether oxygens (including phenoxy) is 2. The second kappa shape index (κ2) is 16.9. The van der Waals surface area contributed by atoms with E-state index in [0.29, 0.717) is 5.56 Å². The van der Waals surface area contributed by atoms with Crippen LogP contribution >= 0.6 is 19.3 Å². The number of hydrogen-bond donors (Lipinski definition) is 4. The average molecular weight is 768 g/mol. The number of aliphatic hydroxyl groups excluding tert-OH is 1. The summed E-state index contributed by atoms with van der Waals surface area (Å²) >= 11 is 6.23. The van der Waals surface area contributed by atoms with Crippen LogP contribution in [0.15, 0.2) is 91.3 Å². The van der Waals surface area contributed by atoms with Crippen LogP contribution in [0.3, 0.4) is 0 Å². The SMILES string of the molecule is CC(NP(=O)(OC[C@@H]1O[C@H](n2cnc3c(NC(=O)C(N)Cc4ccc(F)cc4)nc(Cl)nc32)C[C@@H]1O)Oc1ccccc1)C(=O)OCc1ccccc1. The number of aromatic nitrogens is 4. The molecule has 1 fully saturated rings. The number of nitrogens with zero attached hydrogens (tertiary/aromatic N) is 4. The molecule has 3 unspecified atom stereocenters. The van der Waals surface area contributed by atoms with Gasteiger partial charge >= 0.3 is 13.7 Å². The second-order valence-electron chi connectivity index (χ2n) is 12.2. The number of nitrogens with two attached hydrogens (primary N) is 1. The normalized spacial score (nSPS) is 19.3. The van der Waals surface area contributed by atoms with Crippen LogP contribution in [-0.4, -0.2) is 67.4 Å². The molecule has 3 heterocycles. The smallest absolute Gasteiger partial charge is 0.459 e. The Bertz CT molecular complexity index is 2080. The van der Waals surface area contributed by atoms with Crippen molar-refractivity contribution < 1.29 is 42.2 Å². The van der Waals surface area contributed by atoms with E-state index in [1.54, 1.807) is 42.5 Å². The molecule has 0 saturated carbocycles. The van der Waals surface area contributed by atoms with E-state index in [9.17, 15) is 23.7 Å². The second-order valence-corrected chi connectivity index (χ2v) is 14.2. The number of carbonyl (C=O) groups is 2. The third-order valence-electron chi connectivity index (χ3n) is 8.16. The first-order valence-electron chi connectivity index (χ1n) is 16.5. The first-order chi connectivity index (χ1) is 25.5. The van der Waals surface area contributed by atoms with E-state index in [1.807, 2.05) is 18.2 Å². The van der Waals surface area contributed by atoms with Crippen LogP contribution in [0.5, 0.6) is 5.75 Å². The molecule has 0 spiro atoms. The summed E-state index contributed by atoms with van der Waals surface area (Å²) in [6.07, 6.45) is -1.38. The van der Waals surface area contributed by atoms with Gasteiger partial charge in [0.1, 0.15) is 36.5 Å². The van der Waals surface area contributed by atoms with Gasteiger partial charge in [-0.15, -0.1) is 0 Å². The number of para-hydroxylation sites is 1. The number of anilines is 1. The number of halogens is 2. The summed E-state index contributed by atoms with van der Waals surface area (Å²) in [6.45, 7) is 1.07. The lowest BCUT2D eigenvalue weighted by molar-refractivity contribution is -0.146. The number of fused-ring (bicyclic) bond motifs is 1. The number of imidazole rings is 1. The van der Waals surface area contributed by atoms with Gasteiger partial charge in [-0.05, 0) is 60.3 Å².